The molecular weight excluding hydrogens is 180 g/mol. The monoisotopic (exact) mass is 208 g/mol. The molecule has 15 heavy (non-hydrogen) atoms. The highest BCUT2D eigenvalue weighted by Gasteiger charge is 1.92. The minimum atomic E-state index is 0. The maximum Gasteiger partial charge on any atom is -0.0279 e. The van der Waals surface area contributed by atoms with E-state index in [1.807, 2.05) is 0 Å². The van der Waals surface area contributed by atoms with Gasteiger partial charge < -0.3 is 0 Å². The molecule has 0 saturated carbocycles. The Labute approximate surface area is 96.7 Å². The average Bonchev–Trinajstić information content (AvgIpc) is 2.15. The van der Waals surface area contributed by atoms with Crippen LogP contribution in [-0.4, -0.2) is 0 Å². The molecule has 1 rings (SSSR count). The van der Waals surface area contributed by atoms with E-state index in [4.69, 9.17) is 0 Å². The molecule has 0 radical (unpaired) electrons. The summed E-state index contributed by atoms with van der Waals surface area (Å²) >= 11 is 0. The highest BCUT2D eigenvalue weighted by Crippen LogP contribution is 2.08. The van der Waals surface area contributed by atoms with Crippen LogP contribution in [0.4, 0.5) is 0 Å². The molecule has 1 aromatic carbocycles. The summed E-state index contributed by atoms with van der Waals surface area (Å²) < 4.78 is 0. The number of unbranched alkanes of at least 4 members (excludes halogenated alkanes) is 3. The largest absolute Gasteiger partial charge is 0.0776 e. The van der Waals surface area contributed by atoms with Gasteiger partial charge in [-0.15, -0.1) is 0 Å². The zero-order chi connectivity index (χ0) is 9.52. The molecule has 0 spiro atoms. The molecule has 0 heterocycles. The van der Waals surface area contributed by atoms with Gasteiger partial charge in [-0.05, 0) is 25.3 Å². The third-order valence-electron chi connectivity index (χ3n) is 2.44. The molecular formula is C15H28. The van der Waals surface area contributed by atoms with E-state index in [0.717, 1.165) is 0 Å². The Morgan fingerprint density at radius 1 is 0.867 bits per heavy atom. The van der Waals surface area contributed by atoms with E-state index < -0.39 is 0 Å². The molecule has 0 nitrogen and oxygen atoms in total. The van der Waals surface area contributed by atoms with Gasteiger partial charge in [0.25, 0.3) is 0 Å². The Bertz CT molecular complexity index is 220. The molecule has 1 aromatic rings. The van der Waals surface area contributed by atoms with Crippen LogP contribution in [0.1, 0.15) is 58.6 Å². The minimum Gasteiger partial charge on any atom is -0.0776 e. The fourth-order valence-electron chi connectivity index (χ4n) is 1.51. The second kappa shape index (κ2) is 9.76. The molecule has 0 fully saturated rings. The zero-order valence-corrected chi connectivity index (χ0v) is 8.84. The molecule has 0 aliphatic heterocycles. The van der Waals surface area contributed by atoms with E-state index in [9.17, 15) is 0 Å². The Balaban J connectivity index is 0. The minimum absolute atomic E-state index is 0. The van der Waals surface area contributed by atoms with Crippen molar-refractivity contribution in [1.29, 1.82) is 0 Å². The summed E-state index contributed by atoms with van der Waals surface area (Å²) in [6.07, 6.45) is 6.68. The molecule has 88 valence electrons. The SMILES string of the molecule is C.C.CCCCCCc1ccc(C)cc1. The molecule has 0 aromatic heterocycles. The second-order valence-electron chi connectivity index (χ2n) is 3.80. The number of rotatable bonds is 5. The normalized spacial score (nSPS) is 8.93. The highest BCUT2D eigenvalue weighted by molar-refractivity contribution is 5.21. The molecule has 0 atom stereocenters. The van der Waals surface area contributed by atoms with Gasteiger partial charge >= 0.3 is 0 Å². The number of aryl methyl sites for hydroxylation is 2. The van der Waals surface area contributed by atoms with E-state index in [1.54, 1.807) is 0 Å². The van der Waals surface area contributed by atoms with E-state index in [0.29, 0.717) is 0 Å². The molecule has 0 aliphatic rings. The fraction of sp³-hybridized carbons (Fsp3) is 0.600. The van der Waals surface area contributed by atoms with Crippen LogP contribution in [0.2, 0.25) is 0 Å². The van der Waals surface area contributed by atoms with Gasteiger partial charge in [-0.3, -0.25) is 0 Å². The van der Waals surface area contributed by atoms with Crippen LogP contribution >= 0.6 is 0 Å². The lowest BCUT2D eigenvalue weighted by Gasteiger charge is -2.01. The van der Waals surface area contributed by atoms with Crippen molar-refractivity contribution in [2.75, 3.05) is 0 Å². The number of hydrogen-bond donors (Lipinski definition) is 0. The standard InChI is InChI=1S/C13H20.2CH4/c1-3-4-5-6-7-13-10-8-12(2)9-11-13;;/h8-11H,3-7H2,1-2H3;2*1H4. The van der Waals surface area contributed by atoms with Gasteiger partial charge in [0.05, 0.1) is 0 Å². The van der Waals surface area contributed by atoms with Crippen LogP contribution in [0.15, 0.2) is 24.3 Å². The van der Waals surface area contributed by atoms with Crippen molar-refractivity contribution in [1.82, 2.24) is 0 Å². The summed E-state index contributed by atoms with van der Waals surface area (Å²) in [6, 6.07) is 8.91. The Morgan fingerprint density at radius 3 is 2.00 bits per heavy atom. The van der Waals surface area contributed by atoms with E-state index in [-0.39, 0.29) is 14.9 Å². The maximum atomic E-state index is 2.26. The van der Waals surface area contributed by atoms with Crippen LogP contribution in [0.25, 0.3) is 0 Å². The Hall–Kier alpha value is -0.780. The Morgan fingerprint density at radius 2 is 1.47 bits per heavy atom. The summed E-state index contributed by atoms with van der Waals surface area (Å²) in [7, 11) is 0. The van der Waals surface area contributed by atoms with Crippen LogP contribution < -0.4 is 0 Å². The van der Waals surface area contributed by atoms with Gasteiger partial charge in [0.1, 0.15) is 0 Å². The van der Waals surface area contributed by atoms with Crippen molar-refractivity contribution in [3.8, 4) is 0 Å². The van der Waals surface area contributed by atoms with E-state index in [1.165, 1.54) is 43.2 Å². The van der Waals surface area contributed by atoms with Crippen molar-refractivity contribution < 1.29 is 0 Å². The predicted octanol–water partition coefficient (Wildman–Crippen LogP) is 5.39. The lowest BCUT2D eigenvalue weighted by molar-refractivity contribution is 0.667. The number of hydrogen-bond acceptors (Lipinski definition) is 0. The molecule has 0 N–H and O–H groups in total. The third-order valence-corrected chi connectivity index (χ3v) is 2.44. The predicted molar refractivity (Wildman–Crippen MR) is 72.5 cm³/mol. The first-order valence-electron chi connectivity index (χ1n) is 5.38. The van der Waals surface area contributed by atoms with Gasteiger partial charge in [-0.25, -0.2) is 0 Å². The summed E-state index contributed by atoms with van der Waals surface area (Å²) in [6.45, 7) is 4.40. The highest BCUT2D eigenvalue weighted by atomic mass is 14.0. The molecule has 0 amide bonds. The van der Waals surface area contributed by atoms with Crippen molar-refractivity contribution in [3.63, 3.8) is 0 Å². The summed E-state index contributed by atoms with van der Waals surface area (Å²) in [5.74, 6) is 0. The van der Waals surface area contributed by atoms with Gasteiger partial charge in [-0.1, -0.05) is 70.9 Å². The van der Waals surface area contributed by atoms with Crippen LogP contribution in [-0.2, 0) is 6.42 Å². The zero-order valence-electron chi connectivity index (χ0n) is 8.84. The van der Waals surface area contributed by atoms with Gasteiger partial charge in [0, 0.05) is 0 Å². The molecule has 0 heteroatoms. The van der Waals surface area contributed by atoms with Crippen molar-refractivity contribution in [2.45, 2.75) is 60.8 Å². The van der Waals surface area contributed by atoms with E-state index >= 15 is 0 Å². The molecule has 0 unspecified atom stereocenters. The molecule has 0 bridgehead atoms. The molecule has 0 saturated heterocycles. The van der Waals surface area contributed by atoms with Crippen molar-refractivity contribution in [2.24, 2.45) is 0 Å². The Kier molecular flexibility index (Phi) is 10.8. The van der Waals surface area contributed by atoms with Gasteiger partial charge in [0.2, 0.25) is 0 Å². The molecule has 0 aliphatic carbocycles. The average molecular weight is 208 g/mol. The summed E-state index contributed by atoms with van der Waals surface area (Å²) in [5.41, 5.74) is 2.85. The third kappa shape index (κ3) is 7.18. The van der Waals surface area contributed by atoms with E-state index in [2.05, 4.69) is 38.1 Å². The second-order valence-corrected chi connectivity index (χ2v) is 3.80. The van der Waals surface area contributed by atoms with Crippen LogP contribution in [0, 0.1) is 6.92 Å². The fourth-order valence-corrected chi connectivity index (χ4v) is 1.51. The summed E-state index contributed by atoms with van der Waals surface area (Å²) in [4.78, 5) is 0. The smallest absolute Gasteiger partial charge is 0.0279 e. The topological polar surface area (TPSA) is 0 Å². The van der Waals surface area contributed by atoms with Crippen LogP contribution in [0.5, 0.6) is 0 Å². The van der Waals surface area contributed by atoms with Gasteiger partial charge in [-0.2, -0.15) is 0 Å². The first-order chi connectivity index (χ1) is 6.33. The van der Waals surface area contributed by atoms with Gasteiger partial charge in [0.15, 0.2) is 0 Å². The quantitative estimate of drug-likeness (QED) is 0.569. The first kappa shape index (κ1) is 16.6. The lowest BCUT2D eigenvalue weighted by Crippen LogP contribution is -1.85. The maximum absolute atomic E-state index is 2.26. The van der Waals surface area contributed by atoms with Crippen LogP contribution in [0.3, 0.4) is 0 Å². The summed E-state index contributed by atoms with van der Waals surface area (Å²) in [5, 5.41) is 0. The first-order valence-corrected chi connectivity index (χ1v) is 5.38. The van der Waals surface area contributed by atoms with Crippen molar-refractivity contribution >= 4 is 0 Å². The lowest BCUT2D eigenvalue weighted by atomic mass is 10.1. The van der Waals surface area contributed by atoms with Crippen molar-refractivity contribution in [3.05, 3.63) is 35.4 Å². The number of benzene rings is 1.